The van der Waals surface area contributed by atoms with Gasteiger partial charge >= 0.3 is 5.97 Å². The number of nitrogens with one attached hydrogen (secondary N) is 1. The van der Waals surface area contributed by atoms with Crippen molar-refractivity contribution in [3.63, 3.8) is 0 Å². The lowest BCUT2D eigenvalue weighted by atomic mass is 10.1. The van der Waals surface area contributed by atoms with Gasteiger partial charge in [0.2, 0.25) is 5.91 Å². The molecule has 6 nitrogen and oxygen atoms in total. The molecule has 1 atom stereocenters. The highest BCUT2D eigenvalue weighted by atomic mass is 16.6. The summed E-state index contributed by atoms with van der Waals surface area (Å²) in [7, 11) is 0. The van der Waals surface area contributed by atoms with Crippen LogP contribution in [0.15, 0.2) is 24.3 Å². The summed E-state index contributed by atoms with van der Waals surface area (Å²) in [5.41, 5.74) is 6.37. The number of ether oxygens (including phenoxy) is 1. The Morgan fingerprint density at radius 3 is 2.84 bits per heavy atom. The van der Waals surface area contributed by atoms with Crippen LogP contribution in [0.2, 0.25) is 0 Å². The summed E-state index contributed by atoms with van der Waals surface area (Å²) in [6.07, 6.45) is 0.0420. The summed E-state index contributed by atoms with van der Waals surface area (Å²) >= 11 is 0. The highest BCUT2D eigenvalue weighted by molar-refractivity contribution is 5.96. The minimum absolute atomic E-state index is 0.113. The van der Waals surface area contributed by atoms with Gasteiger partial charge in [-0.2, -0.15) is 0 Å². The summed E-state index contributed by atoms with van der Waals surface area (Å²) in [6.45, 7) is 0. The number of primary amides is 1. The second kappa shape index (κ2) is 5.51. The van der Waals surface area contributed by atoms with Crippen molar-refractivity contribution in [2.24, 2.45) is 5.73 Å². The molecule has 0 bridgehead atoms. The Morgan fingerprint density at radius 1 is 1.42 bits per heavy atom. The Balaban J connectivity index is 2.00. The second-order valence-electron chi connectivity index (χ2n) is 4.35. The normalized spacial score (nSPS) is 17.9. The van der Waals surface area contributed by atoms with Crippen LogP contribution in [0.4, 0.5) is 5.69 Å². The van der Waals surface area contributed by atoms with E-state index in [0.717, 1.165) is 0 Å². The molecule has 1 aliphatic rings. The minimum Gasteiger partial charge on any atom is -0.452 e. The van der Waals surface area contributed by atoms with Crippen LogP contribution in [0.25, 0.3) is 0 Å². The number of cyclic esters (lactones) is 1. The highest BCUT2D eigenvalue weighted by Crippen LogP contribution is 2.17. The average Bonchev–Trinajstić information content (AvgIpc) is 2.75. The Kier molecular flexibility index (Phi) is 3.79. The van der Waals surface area contributed by atoms with Crippen molar-refractivity contribution in [3.05, 3.63) is 29.8 Å². The summed E-state index contributed by atoms with van der Waals surface area (Å²) in [5, 5.41) is 2.65. The largest absolute Gasteiger partial charge is 0.452 e. The van der Waals surface area contributed by atoms with Gasteiger partial charge in [0.05, 0.1) is 6.42 Å². The van der Waals surface area contributed by atoms with E-state index in [4.69, 9.17) is 10.5 Å². The zero-order chi connectivity index (χ0) is 13.8. The molecule has 100 valence electrons. The van der Waals surface area contributed by atoms with Crippen LogP contribution >= 0.6 is 0 Å². The molecule has 2 amide bonds. The molecule has 0 radical (unpaired) electrons. The first-order chi connectivity index (χ1) is 9.04. The van der Waals surface area contributed by atoms with Gasteiger partial charge in [-0.05, 0) is 17.7 Å². The lowest BCUT2D eigenvalue weighted by Crippen LogP contribution is -2.27. The van der Waals surface area contributed by atoms with Gasteiger partial charge in [0, 0.05) is 18.5 Å². The molecular weight excluding hydrogens is 248 g/mol. The van der Waals surface area contributed by atoms with Crippen molar-refractivity contribution in [2.75, 3.05) is 5.32 Å². The van der Waals surface area contributed by atoms with Gasteiger partial charge in [-0.25, -0.2) is 0 Å². The number of carbonyl (C=O) groups is 3. The van der Waals surface area contributed by atoms with E-state index in [9.17, 15) is 14.4 Å². The third-order valence-corrected chi connectivity index (χ3v) is 2.75. The van der Waals surface area contributed by atoms with Crippen LogP contribution in [0.5, 0.6) is 0 Å². The highest BCUT2D eigenvalue weighted by Gasteiger charge is 2.29. The van der Waals surface area contributed by atoms with Crippen molar-refractivity contribution in [2.45, 2.75) is 25.4 Å². The average molecular weight is 262 g/mol. The predicted molar refractivity (Wildman–Crippen MR) is 67.1 cm³/mol. The monoisotopic (exact) mass is 262 g/mol. The SMILES string of the molecule is NC(=O)Cc1cccc(NC(=O)C2CCC(=O)O2)c1. The molecule has 19 heavy (non-hydrogen) atoms. The first-order valence-electron chi connectivity index (χ1n) is 5.92. The van der Waals surface area contributed by atoms with E-state index in [1.54, 1.807) is 24.3 Å². The van der Waals surface area contributed by atoms with Gasteiger partial charge < -0.3 is 15.8 Å². The van der Waals surface area contributed by atoms with Crippen LogP contribution in [0.1, 0.15) is 18.4 Å². The molecule has 0 aromatic heterocycles. The molecule has 0 spiro atoms. The fourth-order valence-corrected chi connectivity index (χ4v) is 1.89. The van der Waals surface area contributed by atoms with Gasteiger partial charge in [0.25, 0.3) is 5.91 Å². The number of carbonyl (C=O) groups excluding carboxylic acids is 3. The molecule has 1 heterocycles. The van der Waals surface area contributed by atoms with E-state index in [0.29, 0.717) is 17.7 Å². The van der Waals surface area contributed by atoms with Crippen molar-refractivity contribution in [1.29, 1.82) is 0 Å². The van der Waals surface area contributed by atoms with E-state index >= 15 is 0 Å². The molecule has 3 N–H and O–H groups in total. The summed E-state index contributed by atoms with van der Waals surface area (Å²) in [6, 6.07) is 6.82. The summed E-state index contributed by atoms with van der Waals surface area (Å²) in [4.78, 5) is 33.6. The van der Waals surface area contributed by atoms with Gasteiger partial charge in [-0.3, -0.25) is 14.4 Å². The Morgan fingerprint density at radius 2 is 2.21 bits per heavy atom. The minimum atomic E-state index is -0.729. The number of anilines is 1. The van der Waals surface area contributed by atoms with Crippen LogP contribution in [0, 0.1) is 0 Å². The third-order valence-electron chi connectivity index (χ3n) is 2.75. The number of esters is 1. The Hall–Kier alpha value is -2.37. The topological polar surface area (TPSA) is 98.5 Å². The van der Waals surface area contributed by atoms with Gasteiger partial charge in [-0.1, -0.05) is 12.1 Å². The number of benzene rings is 1. The zero-order valence-corrected chi connectivity index (χ0v) is 10.2. The molecule has 1 saturated heterocycles. The van der Waals surface area contributed by atoms with Crippen molar-refractivity contribution < 1.29 is 19.1 Å². The van der Waals surface area contributed by atoms with Crippen molar-refractivity contribution in [1.82, 2.24) is 0 Å². The maximum atomic E-state index is 11.8. The number of hydrogen-bond donors (Lipinski definition) is 2. The van der Waals surface area contributed by atoms with Crippen LogP contribution in [0.3, 0.4) is 0 Å². The summed E-state index contributed by atoms with van der Waals surface area (Å²) < 4.78 is 4.87. The lowest BCUT2D eigenvalue weighted by Gasteiger charge is -2.10. The quantitative estimate of drug-likeness (QED) is 0.765. The maximum absolute atomic E-state index is 11.8. The molecular formula is C13H14N2O4. The molecule has 1 aromatic carbocycles. The van der Waals surface area contributed by atoms with E-state index in [2.05, 4.69) is 5.32 Å². The Bertz CT molecular complexity index is 527. The van der Waals surface area contributed by atoms with Crippen LogP contribution in [-0.2, 0) is 25.5 Å². The molecule has 1 aliphatic heterocycles. The maximum Gasteiger partial charge on any atom is 0.306 e. The molecule has 1 aromatic rings. The van der Waals surface area contributed by atoms with Crippen LogP contribution < -0.4 is 11.1 Å². The van der Waals surface area contributed by atoms with Crippen LogP contribution in [-0.4, -0.2) is 23.9 Å². The van der Waals surface area contributed by atoms with E-state index in [1.165, 1.54) is 0 Å². The zero-order valence-electron chi connectivity index (χ0n) is 10.2. The number of rotatable bonds is 4. The van der Waals surface area contributed by atoms with Crippen molar-refractivity contribution in [3.8, 4) is 0 Å². The third kappa shape index (κ3) is 3.54. The fourth-order valence-electron chi connectivity index (χ4n) is 1.89. The lowest BCUT2D eigenvalue weighted by molar-refractivity contribution is -0.146. The molecule has 2 rings (SSSR count). The molecule has 0 saturated carbocycles. The molecule has 1 fully saturated rings. The van der Waals surface area contributed by atoms with E-state index < -0.39 is 12.0 Å². The number of nitrogens with two attached hydrogens (primary N) is 1. The first kappa shape index (κ1) is 13.1. The van der Waals surface area contributed by atoms with Gasteiger partial charge in [-0.15, -0.1) is 0 Å². The second-order valence-corrected chi connectivity index (χ2v) is 4.35. The van der Waals surface area contributed by atoms with Gasteiger partial charge in [0.1, 0.15) is 0 Å². The molecule has 1 unspecified atom stereocenters. The fraction of sp³-hybridized carbons (Fsp3) is 0.308. The van der Waals surface area contributed by atoms with E-state index in [-0.39, 0.29) is 24.7 Å². The predicted octanol–water partition coefficient (Wildman–Crippen LogP) is 0.358. The smallest absolute Gasteiger partial charge is 0.306 e. The number of amides is 2. The standard InChI is InChI=1S/C13H14N2O4/c14-11(16)7-8-2-1-3-9(6-8)15-13(18)10-4-5-12(17)19-10/h1-3,6,10H,4-5,7H2,(H2,14,16)(H,15,18). The molecule has 6 heteroatoms. The first-order valence-corrected chi connectivity index (χ1v) is 5.92. The summed E-state index contributed by atoms with van der Waals surface area (Å²) in [5.74, 6) is -1.15. The molecule has 0 aliphatic carbocycles. The van der Waals surface area contributed by atoms with Gasteiger partial charge in [0.15, 0.2) is 6.10 Å². The Labute approximate surface area is 109 Å². The van der Waals surface area contributed by atoms with Crippen molar-refractivity contribution >= 4 is 23.5 Å². The van der Waals surface area contributed by atoms with E-state index in [1.807, 2.05) is 0 Å². The number of hydrogen-bond acceptors (Lipinski definition) is 4.